The lowest BCUT2D eigenvalue weighted by atomic mass is 10.1. The number of nitrogens with one attached hydrogen (secondary N) is 1. The van der Waals surface area contributed by atoms with Crippen LogP contribution in [0.25, 0.3) is 0 Å². The predicted molar refractivity (Wildman–Crippen MR) is 68.9 cm³/mol. The molecule has 0 bridgehead atoms. The molecule has 0 fully saturated rings. The fraction of sp³-hybridized carbons (Fsp3) is 0.667. The van der Waals surface area contributed by atoms with Gasteiger partial charge in [0.25, 0.3) is 6.43 Å². The number of sulfonamides is 1. The van der Waals surface area contributed by atoms with Gasteiger partial charge in [-0.25, -0.2) is 21.9 Å². The fourth-order valence-corrected chi connectivity index (χ4v) is 2.56. The van der Waals surface area contributed by atoms with Crippen LogP contribution in [0, 0.1) is 0 Å². The van der Waals surface area contributed by atoms with Crippen molar-refractivity contribution in [1.29, 1.82) is 0 Å². The Morgan fingerprint density at radius 2 is 2.11 bits per heavy atom. The lowest BCUT2D eigenvalue weighted by molar-refractivity contribution is 0.121. The molecule has 0 aliphatic carbocycles. The number of aromatic nitrogens is 2. The van der Waals surface area contributed by atoms with Crippen LogP contribution in [0.5, 0.6) is 0 Å². The molecular weight excluding hydrogens is 302 g/mol. The molecule has 0 spiro atoms. The Bertz CT molecular complexity index is 504. The summed E-state index contributed by atoms with van der Waals surface area (Å²) in [5.41, 5.74) is 4.60. The van der Waals surface area contributed by atoms with Gasteiger partial charge in [0.2, 0.25) is 10.0 Å². The molecule has 0 aromatic carbocycles. The molecule has 0 saturated heterocycles. The molecule has 1 heterocycles. The molecule has 1 aromatic rings. The van der Waals surface area contributed by atoms with Crippen LogP contribution in [-0.2, 0) is 16.6 Å². The zero-order chi connectivity index (χ0) is 14.0. The Hall–Kier alpha value is -0.770. The third-order valence-electron chi connectivity index (χ3n) is 2.17. The van der Waals surface area contributed by atoms with Crippen LogP contribution in [0.4, 0.5) is 8.78 Å². The molecule has 1 aromatic heterocycles. The van der Waals surface area contributed by atoms with Crippen molar-refractivity contribution in [2.75, 3.05) is 6.54 Å². The summed E-state index contributed by atoms with van der Waals surface area (Å²) in [6, 6.07) is 0. The molecule has 0 radical (unpaired) electrons. The van der Waals surface area contributed by atoms with Crippen LogP contribution in [0.2, 0.25) is 0 Å². The summed E-state index contributed by atoms with van der Waals surface area (Å²) < 4.78 is 51.3. The van der Waals surface area contributed by atoms with Crippen LogP contribution in [0.15, 0.2) is 17.3 Å². The van der Waals surface area contributed by atoms with Crippen molar-refractivity contribution in [2.24, 2.45) is 5.73 Å². The van der Waals surface area contributed by atoms with Gasteiger partial charge < -0.3 is 5.73 Å². The monoisotopic (exact) mass is 318 g/mol. The topological polar surface area (TPSA) is 90.0 Å². The van der Waals surface area contributed by atoms with Crippen molar-refractivity contribution in [3.8, 4) is 0 Å². The molecule has 0 saturated carbocycles. The Morgan fingerprint density at radius 3 is 2.58 bits per heavy atom. The van der Waals surface area contributed by atoms with E-state index in [2.05, 4.69) is 9.82 Å². The van der Waals surface area contributed by atoms with E-state index in [1.165, 1.54) is 0 Å². The standard InChI is InChI=1S/C9H16F2N4O2S.ClH/c1-9(2,6-12)14-18(16,17)7-3-13-15(4-7)5-8(10)11;/h3-4,8,14H,5-6,12H2,1-2H3;1H. The normalized spacial score (nSPS) is 12.5. The number of nitrogens with zero attached hydrogens (tertiary/aromatic N) is 2. The molecule has 6 nitrogen and oxygen atoms in total. The van der Waals surface area contributed by atoms with Gasteiger partial charge in [-0.15, -0.1) is 12.4 Å². The van der Waals surface area contributed by atoms with Crippen molar-refractivity contribution in [3.05, 3.63) is 12.4 Å². The number of halogens is 3. The van der Waals surface area contributed by atoms with Crippen LogP contribution < -0.4 is 10.5 Å². The van der Waals surface area contributed by atoms with E-state index >= 15 is 0 Å². The minimum atomic E-state index is -3.80. The first-order valence-corrected chi connectivity index (χ1v) is 6.69. The van der Waals surface area contributed by atoms with Crippen molar-refractivity contribution >= 4 is 22.4 Å². The van der Waals surface area contributed by atoms with E-state index in [4.69, 9.17) is 5.73 Å². The van der Waals surface area contributed by atoms with Gasteiger partial charge in [-0.1, -0.05) is 0 Å². The number of alkyl halides is 2. The average molecular weight is 319 g/mol. The molecule has 10 heteroatoms. The van der Waals surface area contributed by atoms with Crippen molar-refractivity contribution < 1.29 is 17.2 Å². The van der Waals surface area contributed by atoms with Crippen LogP contribution in [-0.4, -0.2) is 36.7 Å². The van der Waals surface area contributed by atoms with Crippen LogP contribution in [0.1, 0.15) is 13.8 Å². The van der Waals surface area contributed by atoms with Gasteiger partial charge in [0.05, 0.1) is 6.20 Å². The van der Waals surface area contributed by atoms with Gasteiger partial charge in [0.1, 0.15) is 11.4 Å². The molecule has 19 heavy (non-hydrogen) atoms. The van der Waals surface area contributed by atoms with E-state index < -0.39 is 28.5 Å². The first-order chi connectivity index (χ1) is 8.16. The molecule has 112 valence electrons. The lowest BCUT2D eigenvalue weighted by Crippen LogP contribution is -2.48. The van der Waals surface area contributed by atoms with E-state index in [0.717, 1.165) is 17.1 Å². The summed E-state index contributed by atoms with van der Waals surface area (Å²) >= 11 is 0. The van der Waals surface area contributed by atoms with E-state index in [-0.39, 0.29) is 23.8 Å². The number of hydrogen-bond acceptors (Lipinski definition) is 4. The van der Waals surface area contributed by atoms with Gasteiger partial charge in [0, 0.05) is 18.3 Å². The predicted octanol–water partition coefficient (Wildman–Crippen LogP) is 0.586. The summed E-state index contributed by atoms with van der Waals surface area (Å²) in [5, 5.41) is 3.56. The molecule has 0 aliphatic rings. The second-order valence-electron chi connectivity index (χ2n) is 4.48. The zero-order valence-corrected chi connectivity index (χ0v) is 12.1. The number of rotatable bonds is 6. The van der Waals surface area contributed by atoms with Gasteiger partial charge in [0.15, 0.2) is 0 Å². The molecular formula is C9H17ClF2N4O2S. The van der Waals surface area contributed by atoms with Crippen LogP contribution in [0.3, 0.4) is 0 Å². The minimum Gasteiger partial charge on any atom is -0.329 e. The molecule has 3 N–H and O–H groups in total. The fourth-order valence-electron chi connectivity index (χ4n) is 1.19. The van der Waals surface area contributed by atoms with E-state index in [1.54, 1.807) is 13.8 Å². The van der Waals surface area contributed by atoms with E-state index in [0.29, 0.717) is 0 Å². The van der Waals surface area contributed by atoms with Gasteiger partial charge >= 0.3 is 0 Å². The third-order valence-corrected chi connectivity index (χ3v) is 3.82. The first-order valence-electron chi connectivity index (χ1n) is 5.21. The quantitative estimate of drug-likeness (QED) is 0.803. The zero-order valence-electron chi connectivity index (χ0n) is 10.5. The second-order valence-corrected chi connectivity index (χ2v) is 6.17. The minimum absolute atomic E-state index is 0. The molecule has 0 atom stereocenters. The molecule has 0 aliphatic heterocycles. The Morgan fingerprint density at radius 1 is 1.53 bits per heavy atom. The number of hydrogen-bond donors (Lipinski definition) is 2. The third kappa shape index (κ3) is 5.39. The highest BCUT2D eigenvalue weighted by Crippen LogP contribution is 2.12. The highest BCUT2D eigenvalue weighted by atomic mass is 35.5. The first kappa shape index (κ1) is 18.2. The molecule has 1 rings (SSSR count). The highest BCUT2D eigenvalue weighted by Gasteiger charge is 2.26. The summed E-state index contributed by atoms with van der Waals surface area (Å²) in [7, 11) is -3.80. The maximum atomic E-state index is 12.1. The van der Waals surface area contributed by atoms with E-state index in [1.807, 2.05) is 0 Å². The second kappa shape index (κ2) is 6.60. The van der Waals surface area contributed by atoms with Crippen molar-refractivity contribution in [3.63, 3.8) is 0 Å². The molecule has 0 unspecified atom stereocenters. The Balaban J connectivity index is 0.00000324. The Labute approximate surface area is 116 Å². The van der Waals surface area contributed by atoms with Gasteiger partial charge in [-0.2, -0.15) is 5.10 Å². The van der Waals surface area contributed by atoms with Crippen molar-refractivity contribution in [1.82, 2.24) is 14.5 Å². The van der Waals surface area contributed by atoms with E-state index in [9.17, 15) is 17.2 Å². The summed E-state index contributed by atoms with van der Waals surface area (Å²) in [5.74, 6) is 0. The SMILES string of the molecule is CC(C)(CN)NS(=O)(=O)c1cnn(CC(F)F)c1.Cl. The number of nitrogens with two attached hydrogens (primary N) is 1. The average Bonchev–Trinajstić information content (AvgIpc) is 2.64. The maximum Gasteiger partial charge on any atom is 0.257 e. The van der Waals surface area contributed by atoms with Gasteiger partial charge in [-0.05, 0) is 13.8 Å². The van der Waals surface area contributed by atoms with Crippen molar-refractivity contribution in [2.45, 2.75) is 37.3 Å². The smallest absolute Gasteiger partial charge is 0.257 e. The summed E-state index contributed by atoms with van der Waals surface area (Å²) in [6.45, 7) is 2.70. The summed E-state index contributed by atoms with van der Waals surface area (Å²) in [4.78, 5) is -0.162. The summed E-state index contributed by atoms with van der Waals surface area (Å²) in [6.07, 6.45) is -0.507. The highest BCUT2D eigenvalue weighted by molar-refractivity contribution is 7.89. The lowest BCUT2D eigenvalue weighted by Gasteiger charge is -2.23. The van der Waals surface area contributed by atoms with Gasteiger partial charge in [-0.3, -0.25) is 4.68 Å². The largest absolute Gasteiger partial charge is 0.329 e. The molecule has 0 amide bonds. The Kier molecular flexibility index (Phi) is 6.33. The maximum absolute atomic E-state index is 12.1. The van der Waals surface area contributed by atoms with Crippen LogP contribution >= 0.6 is 12.4 Å².